The van der Waals surface area contributed by atoms with Gasteiger partial charge in [-0.2, -0.15) is 0 Å². The van der Waals surface area contributed by atoms with E-state index in [1.807, 2.05) is 13.8 Å². The van der Waals surface area contributed by atoms with Crippen LogP contribution in [0.3, 0.4) is 0 Å². The topological polar surface area (TPSA) is 68.0 Å². The van der Waals surface area contributed by atoms with Crippen molar-refractivity contribution in [3.05, 3.63) is 15.6 Å². The smallest absolute Gasteiger partial charge is 0.263 e. The van der Waals surface area contributed by atoms with E-state index in [1.54, 1.807) is 11.3 Å². The van der Waals surface area contributed by atoms with E-state index in [4.69, 9.17) is 5.73 Å². The van der Waals surface area contributed by atoms with Crippen LogP contribution in [-0.2, 0) is 0 Å². The van der Waals surface area contributed by atoms with E-state index >= 15 is 0 Å². The highest BCUT2D eigenvalue weighted by molar-refractivity contribution is 7.13. The second-order valence-corrected chi connectivity index (χ2v) is 7.71. The summed E-state index contributed by atoms with van der Waals surface area (Å²) in [4.78, 5) is 18.0. The summed E-state index contributed by atoms with van der Waals surface area (Å²) in [6.45, 7) is 8.53. The van der Waals surface area contributed by atoms with Gasteiger partial charge in [0.25, 0.3) is 5.91 Å². The Morgan fingerprint density at radius 2 is 1.96 bits per heavy atom. The zero-order chi connectivity index (χ0) is 15.6. The fourth-order valence-electron chi connectivity index (χ4n) is 2.72. The lowest BCUT2D eigenvalue weighted by Crippen LogP contribution is -2.54. The third-order valence-electron chi connectivity index (χ3n) is 4.82. The van der Waals surface area contributed by atoms with E-state index in [9.17, 15) is 4.79 Å². The molecule has 1 aromatic rings. The number of carbonyl (C=O) groups is 1. The van der Waals surface area contributed by atoms with Gasteiger partial charge in [0.1, 0.15) is 4.88 Å². The molecule has 1 amide bonds. The Bertz CT molecular complexity index is 515. The first kappa shape index (κ1) is 22.6. The van der Waals surface area contributed by atoms with Crippen LogP contribution in [0, 0.1) is 12.8 Å². The van der Waals surface area contributed by atoms with E-state index in [-0.39, 0.29) is 42.2 Å². The number of nitrogens with two attached hydrogens (primary N) is 1. The van der Waals surface area contributed by atoms with Crippen molar-refractivity contribution in [2.75, 3.05) is 6.54 Å². The lowest BCUT2D eigenvalue weighted by atomic mass is 9.88. The van der Waals surface area contributed by atoms with E-state index in [1.165, 1.54) is 25.7 Å². The summed E-state index contributed by atoms with van der Waals surface area (Å²) in [6.07, 6.45) is 4.98. The molecule has 1 atom stereocenters. The molecule has 0 radical (unpaired) electrons. The monoisotopic (exact) mass is 381 g/mol. The van der Waals surface area contributed by atoms with Gasteiger partial charge < -0.3 is 11.1 Å². The normalized spacial score (nSPS) is 17.3. The van der Waals surface area contributed by atoms with Crippen LogP contribution < -0.4 is 11.1 Å². The molecular weight excluding hydrogens is 353 g/mol. The van der Waals surface area contributed by atoms with Crippen LogP contribution in [0.25, 0.3) is 0 Å². The Labute approximate surface area is 155 Å². The standard InChI is InChI=1S/C16H27N3OS.2ClH/c1-10(2)16(4,9-17)19-14(20)13-11(3)18-15(21-13)12-7-5-6-8-12;;/h10,12H,5-9,17H2,1-4H3,(H,19,20);2*1H. The molecule has 1 saturated carbocycles. The number of nitrogens with zero attached hydrogens (tertiary/aromatic N) is 1. The van der Waals surface area contributed by atoms with Crippen molar-refractivity contribution >= 4 is 42.1 Å². The third-order valence-corrected chi connectivity index (χ3v) is 6.14. The van der Waals surface area contributed by atoms with Gasteiger partial charge in [0.2, 0.25) is 0 Å². The molecule has 1 heterocycles. The number of aromatic nitrogens is 1. The summed E-state index contributed by atoms with van der Waals surface area (Å²) < 4.78 is 0. The number of aryl methyl sites for hydroxylation is 1. The lowest BCUT2D eigenvalue weighted by molar-refractivity contribution is 0.0886. The van der Waals surface area contributed by atoms with Gasteiger partial charge in [-0.05, 0) is 32.6 Å². The fourth-order valence-corrected chi connectivity index (χ4v) is 3.85. The van der Waals surface area contributed by atoms with Crippen molar-refractivity contribution in [3.63, 3.8) is 0 Å². The molecule has 134 valence electrons. The fraction of sp³-hybridized carbons (Fsp3) is 0.750. The maximum absolute atomic E-state index is 12.6. The van der Waals surface area contributed by atoms with Gasteiger partial charge in [0.05, 0.1) is 16.2 Å². The number of thiazole rings is 1. The molecule has 1 aliphatic carbocycles. The molecule has 4 nitrogen and oxygen atoms in total. The average Bonchev–Trinajstić information content (AvgIpc) is 3.06. The Kier molecular flexibility index (Phi) is 9.06. The number of halogens is 2. The number of rotatable bonds is 5. The van der Waals surface area contributed by atoms with Gasteiger partial charge in [0.15, 0.2) is 0 Å². The molecule has 23 heavy (non-hydrogen) atoms. The predicted octanol–water partition coefficient (Wildman–Crippen LogP) is 4.06. The number of hydrogen-bond donors (Lipinski definition) is 2. The first-order valence-corrected chi connectivity index (χ1v) is 8.69. The molecule has 0 spiro atoms. The first-order valence-electron chi connectivity index (χ1n) is 7.87. The van der Waals surface area contributed by atoms with Crippen LogP contribution in [0.1, 0.15) is 72.7 Å². The molecule has 0 bridgehead atoms. The number of carbonyl (C=O) groups excluding carboxylic acids is 1. The van der Waals surface area contributed by atoms with E-state index in [2.05, 4.69) is 24.1 Å². The quantitative estimate of drug-likeness (QED) is 0.807. The minimum Gasteiger partial charge on any atom is -0.345 e. The maximum Gasteiger partial charge on any atom is 0.263 e. The summed E-state index contributed by atoms with van der Waals surface area (Å²) in [5, 5.41) is 4.24. The van der Waals surface area contributed by atoms with Crippen molar-refractivity contribution in [2.45, 2.75) is 64.8 Å². The van der Waals surface area contributed by atoms with Crippen molar-refractivity contribution in [1.29, 1.82) is 0 Å². The highest BCUT2D eigenvalue weighted by Crippen LogP contribution is 2.37. The zero-order valence-electron chi connectivity index (χ0n) is 14.3. The summed E-state index contributed by atoms with van der Waals surface area (Å²) in [7, 11) is 0. The summed E-state index contributed by atoms with van der Waals surface area (Å²) in [5.41, 5.74) is 6.33. The largest absolute Gasteiger partial charge is 0.345 e. The second-order valence-electron chi connectivity index (χ2n) is 6.68. The van der Waals surface area contributed by atoms with Crippen LogP contribution >= 0.6 is 36.2 Å². The Balaban J connectivity index is 0.00000242. The van der Waals surface area contributed by atoms with Gasteiger partial charge in [-0.3, -0.25) is 4.79 Å². The van der Waals surface area contributed by atoms with Crippen LogP contribution in [0.4, 0.5) is 0 Å². The van der Waals surface area contributed by atoms with Crippen LogP contribution in [0.5, 0.6) is 0 Å². The van der Waals surface area contributed by atoms with Gasteiger partial charge in [-0.1, -0.05) is 26.7 Å². The molecule has 0 aromatic carbocycles. The number of hydrogen-bond acceptors (Lipinski definition) is 4. The van der Waals surface area contributed by atoms with Gasteiger partial charge >= 0.3 is 0 Å². The van der Waals surface area contributed by atoms with Crippen molar-refractivity contribution in [3.8, 4) is 0 Å². The van der Waals surface area contributed by atoms with Crippen LogP contribution in [-0.4, -0.2) is 23.0 Å². The second kappa shape index (κ2) is 9.21. The van der Waals surface area contributed by atoms with E-state index in [0.717, 1.165) is 15.6 Å². The molecule has 1 aromatic heterocycles. The van der Waals surface area contributed by atoms with E-state index < -0.39 is 0 Å². The Morgan fingerprint density at radius 1 is 1.39 bits per heavy atom. The van der Waals surface area contributed by atoms with Gasteiger partial charge in [-0.25, -0.2) is 4.98 Å². The summed E-state index contributed by atoms with van der Waals surface area (Å²) in [5.74, 6) is 0.811. The van der Waals surface area contributed by atoms with Crippen LogP contribution in [0.2, 0.25) is 0 Å². The minimum absolute atomic E-state index is 0. The SMILES string of the molecule is Cc1nc(C2CCCC2)sc1C(=O)NC(C)(CN)C(C)C.Cl.Cl. The van der Waals surface area contributed by atoms with Gasteiger partial charge in [0, 0.05) is 12.5 Å². The molecule has 2 rings (SSSR count). The molecule has 1 aliphatic rings. The highest BCUT2D eigenvalue weighted by Gasteiger charge is 2.31. The lowest BCUT2D eigenvalue weighted by Gasteiger charge is -2.33. The number of nitrogens with one attached hydrogen (secondary N) is 1. The average molecular weight is 382 g/mol. The van der Waals surface area contributed by atoms with Crippen molar-refractivity contribution < 1.29 is 4.79 Å². The van der Waals surface area contributed by atoms with Crippen LogP contribution in [0.15, 0.2) is 0 Å². The predicted molar refractivity (Wildman–Crippen MR) is 102 cm³/mol. The van der Waals surface area contributed by atoms with Crippen molar-refractivity contribution in [2.24, 2.45) is 11.7 Å². The van der Waals surface area contributed by atoms with E-state index in [0.29, 0.717) is 12.5 Å². The molecule has 1 unspecified atom stereocenters. The van der Waals surface area contributed by atoms with Gasteiger partial charge in [-0.15, -0.1) is 36.2 Å². The molecule has 0 aliphatic heterocycles. The molecule has 0 saturated heterocycles. The van der Waals surface area contributed by atoms with Crippen molar-refractivity contribution in [1.82, 2.24) is 10.3 Å². The highest BCUT2D eigenvalue weighted by atomic mass is 35.5. The molecule has 1 fully saturated rings. The summed E-state index contributed by atoms with van der Waals surface area (Å²) in [6, 6.07) is 0. The minimum atomic E-state index is -0.374. The number of amides is 1. The first-order chi connectivity index (χ1) is 9.87. The third kappa shape index (κ3) is 5.05. The molecule has 7 heteroatoms. The maximum atomic E-state index is 12.6. The summed E-state index contributed by atoms with van der Waals surface area (Å²) >= 11 is 1.56. The molecule has 3 N–H and O–H groups in total. The Morgan fingerprint density at radius 3 is 2.43 bits per heavy atom. The molecular formula is C16H29Cl2N3OS. The zero-order valence-corrected chi connectivity index (χ0v) is 16.8. The Hall–Kier alpha value is -0.360.